The minimum absolute atomic E-state index is 0.803. The van der Waals surface area contributed by atoms with Crippen molar-refractivity contribution in [3.05, 3.63) is 48.5 Å². The van der Waals surface area contributed by atoms with Crippen molar-refractivity contribution < 1.29 is 4.74 Å². The van der Waals surface area contributed by atoms with Crippen LogP contribution in [-0.2, 0) is 13.1 Å². The predicted octanol–water partition coefficient (Wildman–Crippen LogP) is 6.58. The van der Waals surface area contributed by atoms with E-state index in [4.69, 9.17) is 17.0 Å². The van der Waals surface area contributed by atoms with E-state index in [0.717, 1.165) is 43.5 Å². The Bertz CT molecular complexity index is 733. The molecule has 6 heteroatoms. The van der Waals surface area contributed by atoms with E-state index in [-0.39, 0.29) is 0 Å². The molecule has 0 aliphatic heterocycles. The van der Waals surface area contributed by atoms with Gasteiger partial charge in [0.1, 0.15) is 5.75 Å². The summed E-state index contributed by atoms with van der Waals surface area (Å²) in [5.74, 6) is 0.882. The summed E-state index contributed by atoms with van der Waals surface area (Å²) in [6.07, 6.45) is 20.2. The van der Waals surface area contributed by atoms with Crippen molar-refractivity contribution in [1.82, 2.24) is 19.8 Å². The number of unbranched alkanes of at least 4 members (excludes halogenated alkanes) is 9. The van der Waals surface area contributed by atoms with Gasteiger partial charge in [0.2, 0.25) is 0 Å². The van der Waals surface area contributed by atoms with Crippen LogP contribution in [-0.4, -0.2) is 39.8 Å². The molecule has 1 N–H and O–H groups in total. The van der Waals surface area contributed by atoms with E-state index >= 15 is 0 Å². The van der Waals surface area contributed by atoms with Crippen LogP contribution in [0.2, 0.25) is 0 Å². The third-order valence-electron chi connectivity index (χ3n) is 6.03. The van der Waals surface area contributed by atoms with Crippen molar-refractivity contribution in [2.45, 2.75) is 90.6 Å². The number of aromatic nitrogens is 2. The molecule has 0 saturated heterocycles. The lowest BCUT2D eigenvalue weighted by molar-refractivity contribution is 0.383. The van der Waals surface area contributed by atoms with Crippen LogP contribution < -0.4 is 10.1 Å². The molecule has 0 amide bonds. The number of rotatable bonds is 18. The van der Waals surface area contributed by atoms with Crippen molar-refractivity contribution in [2.24, 2.45) is 0 Å². The minimum atomic E-state index is 0.803. The highest BCUT2D eigenvalue weighted by Gasteiger charge is 2.10. The van der Waals surface area contributed by atoms with Gasteiger partial charge in [0, 0.05) is 38.6 Å². The summed E-state index contributed by atoms with van der Waals surface area (Å²) in [5, 5.41) is 4.36. The molecule has 0 spiro atoms. The minimum Gasteiger partial charge on any atom is -0.497 e. The molecule has 184 valence electrons. The first-order valence-electron chi connectivity index (χ1n) is 12.8. The molecule has 1 aromatic carbocycles. The zero-order chi connectivity index (χ0) is 23.6. The molecule has 0 radical (unpaired) electrons. The normalized spacial score (nSPS) is 10.8. The van der Waals surface area contributed by atoms with E-state index in [9.17, 15) is 0 Å². The molecule has 0 unspecified atom stereocenters. The molecule has 1 heterocycles. The summed E-state index contributed by atoms with van der Waals surface area (Å²) in [6, 6.07) is 8.26. The standard InChI is InChI=1S/C27H44N4OS/c1-3-4-5-6-7-8-9-10-11-12-18-29-27(33)31(21-13-20-30-22-19-28-24-30)23-25-14-16-26(32-2)17-15-25/h14-17,19,22,24H,3-13,18,20-21,23H2,1-2H3,(H,29,33). The summed E-state index contributed by atoms with van der Waals surface area (Å²) in [5.41, 5.74) is 1.24. The first-order valence-corrected chi connectivity index (χ1v) is 13.2. The van der Waals surface area contributed by atoms with Crippen LogP contribution in [0.3, 0.4) is 0 Å². The number of benzene rings is 1. The maximum absolute atomic E-state index is 5.78. The Balaban J connectivity index is 1.68. The second-order valence-corrected chi connectivity index (χ2v) is 9.22. The third-order valence-corrected chi connectivity index (χ3v) is 6.43. The van der Waals surface area contributed by atoms with Crippen LogP contribution in [0.5, 0.6) is 5.75 Å². The van der Waals surface area contributed by atoms with E-state index in [1.165, 1.54) is 69.8 Å². The lowest BCUT2D eigenvalue weighted by Crippen LogP contribution is -2.40. The summed E-state index contributed by atoms with van der Waals surface area (Å²) < 4.78 is 7.41. The predicted molar refractivity (Wildman–Crippen MR) is 143 cm³/mol. The SMILES string of the molecule is CCCCCCCCCCCCNC(=S)N(CCCn1ccnc1)Cc1ccc(OC)cc1. The van der Waals surface area contributed by atoms with Gasteiger partial charge in [-0.25, -0.2) is 4.98 Å². The molecule has 33 heavy (non-hydrogen) atoms. The van der Waals surface area contributed by atoms with Gasteiger partial charge in [-0.3, -0.25) is 0 Å². The van der Waals surface area contributed by atoms with Crippen LogP contribution in [0.25, 0.3) is 0 Å². The van der Waals surface area contributed by atoms with E-state index in [0.29, 0.717) is 0 Å². The zero-order valence-corrected chi connectivity index (χ0v) is 21.6. The Morgan fingerprint density at radius 2 is 1.64 bits per heavy atom. The number of imidazole rings is 1. The number of nitrogens with one attached hydrogen (secondary N) is 1. The summed E-state index contributed by atoms with van der Waals surface area (Å²) in [6.45, 7) is 5.89. The number of hydrogen-bond acceptors (Lipinski definition) is 3. The molecule has 5 nitrogen and oxygen atoms in total. The summed E-state index contributed by atoms with van der Waals surface area (Å²) >= 11 is 5.78. The van der Waals surface area contributed by atoms with Gasteiger partial charge in [-0.2, -0.15) is 0 Å². The van der Waals surface area contributed by atoms with Crippen LogP contribution in [0.4, 0.5) is 0 Å². The molecule has 1 aromatic heterocycles. The maximum atomic E-state index is 5.78. The van der Waals surface area contributed by atoms with Gasteiger partial charge in [-0.15, -0.1) is 0 Å². The number of thiocarbonyl (C=S) groups is 1. The number of ether oxygens (including phenoxy) is 1. The molecule has 0 saturated carbocycles. The third kappa shape index (κ3) is 12.1. The second kappa shape index (κ2) is 17.4. The summed E-state index contributed by atoms with van der Waals surface area (Å²) in [7, 11) is 1.70. The van der Waals surface area contributed by atoms with Crippen LogP contribution in [0.1, 0.15) is 83.1 Å². The van der Waals surface area contributed by atoms with E-state index in [1.807, 2.05) is 30.9 Å². The average molecular weight is 473 g/mol. The van der Waals surface area contributed by atoms with Crippen molar-refractivity contribution in [3.63, 3.8) is 0 Å². The lowest BCUT2D eigenvalue weighted by atomic mass is 10.1. The molecule has 0 aliphatic rings. The zero-order valence-electron chi connectivity index (χ0n) is 20.8. The van der Waals surface area contributed by atoms with Crippen LogP contribution in [0, 0.1) is 0 Å². The monoisotopic (exact) mass is 472 g/mol. The number of aryl methyl sites for hydroxylation is 1. The van der Waals surface area contributed by atoms with Crippen molar-refractivity contribution in [2.75, 3.05) is 20.2 Å². The van der Waals surface area contributed by atoms with Crippen molar-refractivity contribution in [1.29, 1.82) is 0 Å². The molecular weight excluding hydrogens is 428 g/mol. The quantitative estimate of drug-likeness (QED) is 0.196. The molecule has 0 aliphatic carbocycles. The van der Waals surface area contributed by atoms with Gasteiger partial charge in [0.05, 0.1) is 13.4 Å². The first-order chi connectivity index (χ1) is 16.2. The van der Waals surface area contributed by atoms with E-state index in [1.54, 1.807) is 7.11 Å². The van der Waals surface area contributed by atoms with Crippen molar-refractivity contribution >= 4 is 17.3 Å². The highest BCUT2D eigenvalue weighted by molar-refractivity contribution is 7.80. The fourth-order valence-corrected chi connectivity index (χ4v) is 4.24. The smallest absolute Gasteiger partial charge is 0.169 e. The Morgan fingerprint density at radius 1 is 0.970 bits per heavy atom. The highest BCUT2D eigenvalue weighted by atomic mass is 32.1. The Morgan fingerprint density at radius 3 is 2.24 bits per heavy atom. The number of methoxy groups -OCH3 is 1. The number of hydrogen-bond donors (Lipinski definition) is 1. The lowest BCUT2D eigenvalue weighted by Gasteiger charge is -2.26. The summed E-state index contributed by atoms with van der Waals surface area (Å²) in [4.78, 5) is 6.41. The van der Waals surface area contributed by atoms with E-state index in [2.05, 4.69) is 38.8 Å². The Kier molecular flexibility index (Phi) is 14.3. The Labute approximate surface area is 206 Å². The highest BCUT2D eigenvalue weighted by Crippen LogP contribution is 2.14. The molecule has 0 atom stereocenters. The largest absolute Gasteiger partial charge is 0.497 e. The van der Waals surface area contributed by atoms with E-state index < -0.39 is 0 Å². The molecule has 2 rings (SSSR count). The topological polar surface area (TPSA) is 42.3 Å². The van der Waals surface area contributed by atoms with Gasteiger partial charge in [-0.05, 0) is 42.8 Å². The molecule has 0 bridgehead atoms. The Hall–Kier alpha value is -2.08. The molecule has 0 fully saturated rings. The molecule has 2 aromatic rings. The number of nitrogens with zero attached hydrogens (tertiary/aromatic N) is 3. The second-order valence-electron chi connectivity index (χ2n) is 8.84. The first kappa shape index (κ1) is 27.2. The fourth-order valence-electron chi connectivity index (χ4n) is 3.99. The average Bonchev–Trinajstić information content (AvgIpc) is 3.36. The molecular formula is C27H44N4OS. The fraction of sp³-hybridized carbons (Fsp3) is 0.630. The van der Waals surface area contributed by atoms with Crippen molar-refractivity contribution in [3.8, 4) is 5.75 Å². The van der Waals surface area contributed by atoms with Gasteiger partial charge < -0.3 is 19.5 Å². The maximum Gasteiger partial charge on any atom is 0.169 e. The van der Waals surface area contributed by atoms with Gasteiger partial charge in [0.15, 0.2) is 5.11 Å². The van der Waals surface area contributed by atoms with Crippen LogP contribution >= 0.6 is 12.2 Å². The van der Waals surface area contributed by atoms with Gasteiger partial charge in [-0.1, -0.05) is 76.8 Å². The van der Waals surface area contributed by atoms with Gasteiger partial charge in [0.25, 0.3) is 0 Å². The van der Waals surface area contributed by atoms with Crippen LogP contribution in [0.15, 0.2) is 43.0 Å². The van der Waals surface area contributed by atoms with Gasteiger partial charge >= 0.3 is 0 Å².